The number of esters is 1. The molecule has 4 rings (SSSR count). The number of methoxy groups -OCH3 is 1. The van der Waals surface area contributed by atoms with E-state index in [1.165, 1.54) is 30.3 Å². The van der Waals surface area contributed by atoms with Gasteiger partial charge in [-0.2, -0.15) is 9.29 Å². The van der Waals surface area contributed by atoms with Crippen LogP contribution in [0.3, 0.4) is 0 Å². The van der Waals surface area contributed by atoms with Crippen LogP contribution < -0.4 is 9.80 Å². The van der Waals surface area contributed by atoms with Gasteiger partial charge in [0.2, 0.25) is 16.0 Å². The van der Waals surface area contributed by atoms with Gasteiger partial charge in [0, 0.05) is 51.0 Å². The molecule has 4 heterocycles. The van der Waals surface area contributed by atoms with Crippen LogP contribution in [-0.4, -0.2) is 75.0 Å². The SMILES string of the molecule is COC(=O)c1sccc1S(=O)(=O)N1CCN(c2nc(C)cc(N3CCCC3)n2)CC1. The van der Waals surface area contributed by atoms with Crippen molar-refractivity contribution in [3.8, 4) is 0 Å². The molecule has 0 amide bonds. The number of aromatic nitrogens is 2. The van der Waals surface area contributed by atoms with Crippen LogP contribution in [0.5, 0.6) is 0 Å². The maximum Gasteiger partial charge on any atom is 0.349 e. The largest absolute Gasteiger partial charge is 0.465 e. The molecule has 11 heteroatoms. The number of piperazine rings is 1. The second-order valence-electron chi connectivity index (χ2n) is 7.36. The van der Waals surface area contributed by atoms with Gasteiger partial charge >= 0.3 is 5.97 Å². The monoisotopic (exact) mass is 451 g/mol. The van der Waals surface area contributed by atoms with Crippen LogP contribution in [0.2, 0.25) is 0 Å². The molecule has 2 aromatic heterocycles. The lowest BCUT2D eigenvalue weighted by molar-refractivity contribution is 0.0602. The third kappa shape index (κ3) is 4.01. The molecule has 0 bridgehead atoms. The van der Waals surface area contributed by atoms with Gasteiger partial charge in [-0.15, -0.1) is 11.3 Å². The van der Waals surface area contributed by atoms with Crippen molar-refractivity contribution < 1.29 is 17.9 Å². The summed E-state index contributed by atoms with van der Waals surface area (Å²) in [5, 5.41) is 1.59. The summed E-state index contributed by atoms with van der Waals surface area (Å²) in [7, 11) is -2.53. The third-order valence-electron chi connectivity index (χ3n) is 5.40. The van der Waals surface area contributed by atoms with E-state index in [1.54, 1.807) is 5.38 Å². The van der Waals surface area contributed by atoms with Gasteiger partial charge in [0.05, 0.1) is 7.11 Å². The summed E-state index contributed by atoms with van der Waals surface area (Å²) in [4.78, 5) is 25.6. The van der Waals surface area contributed by atoms with Gasteiger partial charge in [0.15, 0.2) is 0 Å². The number of carbonyl (C=O) groups is 1. The summed E-state index contributed by atoms with van der Waals surface area (Å²) in [6, 6.07) is 3.46. The zero-order valence-corrected chi connectivity index (χ0v) is 18.7. The van der Waals surface area contributed by atoms with Crippen molar-refractivity contribution in [2.75, 3.05) is 56.2 Å². The van der Waals surface area contributed by atoms with Crippen LogP contribution in [0.25, 0.3) is 0 Å². The van der Waals surface area contributed by atoms with Crippen molar-refractivity contribution in [2.45, 2.75) is 24.7 Å². The molecule has 30 heavy (non-hydrogen) atoms. The summed E-state index contributed by atoms with van der Waals surface area (Å²) < 4.78 is 32.3. The van der Waals surface area contributed by atoms with Crippen LogP contribution in [0.1, 0.15) is 28.2 Å². The standard InChI is InChI=1S/C19H25N5O4S2/c1-14-13-16(22-6-3-4-7-22)21-19(20-14)23-8-10-24(11-9-23)30(26,27)15-5-12-29-17(15)18(25)28-2/h5,12-13H,3-4,6-11H2,1-2H3. The van der Waals surface area contributed by atoms with E-state index in [1.807, 2.05) is 17.9 Å². The number of hydrogen-bond donors (Lipinski definition) is 0. The first-order valence-electron chi connectivity index (χ1n) is 9.91. The number of ether oxygens (including phenoxy) is 1. The fourth-order valence-electron chi connectivity index (χ4n) is 3.80. The fourth-order valence-corrected chi connectivity index (χ4v) is 6.53. The summed E-state index contributed by atoms with van der Waals surface area (Å²) in [5.74, 6) is 0.940. The molecule has 0 radical (unpaired) electrons. The minimum absolute atomic E-state index is 0.0101. The number of anilines is 2. The maximum absolute atomic E-state index is 13.1. The molecular formula is C19H25N5O4S2. The molecule has 162 valence electrons. The summed E-state index contributed by atoms with van der Waals surface area (Å²) in [6.07, 6.45) is 2.34. The van der Waals surface area contributed by atoms with E-state index < -0.39 is 16.0 Å². The van der Waals surface area contributed by atoms with Crippen LogP contribution in [-0.2, 0) is 14.8 Å². The highest BCUT2D eigenvalue weighted by atomic mass is 32.2. The van der Waals surface area contributed by atoms with Gasteiger partial charge in [-0.05, 0) is 31.2 Å². The maximum atomic E-state index is 13.1. The van der Waals surface area contributed by atoms with E-state index in [0.717, 1.165) is 35.9 Å². The first-order chi connectivity index (χ1) is 14.4. The second kappa shape index (κ2) is 8.48. The Morgan fingerprint density at radius 1 is 1.07 bits per heavy atom. The van der Waals surface area contributed by atoms with Gasteiger partial charge in [-0.1, -0.05) is 0 Å². The van der Waals surface area contributed by atoms with Gasteiger partial charge in [0.25, 0.3) is 0 Å². The van der Waals surface area contributed by atoms with E-state index in [4.69, 9.17) is 9.72 Å². The van der Waals surface area contributed by atoms with Gasteiger partial charge < -0.3 is 14.5 Å². The Morgan fingerprint density at radius 3 is 2.43 bits per heavy atom. The van der Waals surface area contributed by atoms with Gasteiger partial charge in [-0.3, -0.25) is 0 Å². The molecule has 9 nitrogen and oxygen atoms in total. The molecule has 2 saturated heterocycles. The third-order valence-corrected chi connectivity index (χ3v) is 8.36. The van der Waals surface area contributed by atoms with E-state index in [0.29, 0.717) is 32.1 Å². The molecular weight excluding hydrogens is 426 g/mol. The van der Waals surface area contributed by atoms with Crippen molar-refractivity contribution in [2.24, 2.45) is 0 Å². The average molecular weight is 452 g/mol. The number of rotatable bonds is 5. The van der Waals surface area contributed by atoms with Crippen LogP contribution in [0, 0.1) is 6.92 Å². The minimum Gasteiger partial charge on any atom is -0.465 e. The quantitative estimate of drug-likeness (QED) is 0.635. The van der Waals surface area contributed by atoms with Gasteiger partial charge in [0.1, 0.15) is 15.6 Å². The van der Waals surface area contributed by atoms with E-state index in [9.17, 15) is 13.2 Å². The highest BCUT2D eigenvalue weighted by Gasteiger charge is 2.33. The number of hydrogen-bond acceptors (Lipinski definition) is 9. The van der Waals surface area contributed by atoms with Crippen molar-refractivity contribution >= 4 is 39.1 Å². The molecule has 0 N–H and O–H groups in total. The number of sulfonamides is 1. The molecule has 2 aliphatic rings. The summed E-state index contributed by atoms with van der Waals surface area (Å²) >= 11 is 1.07. The Hall–Kier alpha value is -2.24. The highest BCUT2D eigenvalue weighted by Crippen LogP contribution is 2.28. The summed E-state index contributed by atoms with van der Waals surface area (Å²) in [6.45, 7) is 5.54. The number of thiophene rings is 1. The van der Waals surface area contributed by atoms with E-state index in [-0.39, 0.29) is 9.77 Å². The van der Waals surface area contributed by atoms with Crippen LogP contribution in [0.4, 0.5) is 11.8 Å². The topological polar surface area (TPSA) is 95.9 Å². The van der Waals surface area contributed by atoms with Crippen molar-refractivity contribution in [1.82, 2.24) is 14.3 Å². The van der Waals surface area contributed by atoms with E-state index in [2.05, 4.69) is 9.88 Å². The fraction of sp³-hybridized carbons (Fsp3) is 0.526. The lowest BCUT2D eigenvalue weighted by Gasteiger charge is -2.34. The van der Waals surface area contributed by atoms with Crippen LogP contribution >= 0.6 is 11.3 Å². The molecule has 0 unspecified atom stereocenters. The lowest BCUT2D eigenvalue weighted by Crippen LogP contribution is -2.49. The molecule has 2 fully saturated rings. The highest BCUT2D eigenvalue weighted by molar-refractivity contribution is 7.89. The minimum atomic E-state index is -3.77. The molecule has 0 spiro atoms. The van der Waals surface area contributed by atoms with Crippen molar-refractivity contribution in [3.63, 3.8) is 0 Å². The number of aryl methyl sites for hydroxylation is 1. The Kier molecular flexibility index (Phi) is 5.94. The first-order valence-corrected chi connectivity index (χ1v) is 12.2. The number of carbonyl (C=O) groups excluding carboxylic acids is 1. The van der Waals surface area contributed by atoms with Gasteiger partial charge in [-0.25, -0.2) is 18.2 Å². The Morgan fingerprint density at radius 2 is 1.77 bits per heavy atom. The number of nitrogens with zero attached hydrogens (tertiary/aromatic N) is 5. The lowest BCUT2D eigenvalue weighted by atomic mass is 10.3. The van der Waals surface area contributed by atoms with Crippen molar-refractivity contribution in [3.05, 3.63) is 28.1 Å². The molecule has 0 aliphatic carbocycles. The smallest absolute Gasteiger partial charge is 0.349 e. The molecule has 2 aliphatic heterocycles. The molecule has 0 saturated carbocycles. The molecule has 0 atom stereocenters. The zero-order valence-electron chi connectivity index (χ0n) is 17.1. The average Bonchev–Trinajstić information content (AvgIpc) is 3.45. The van der Waals surface area contributed by atoms with E-state index >= 15 is 0 Å². The van der Waals surface area contributed by atoms with Crippen LogP contribution in [0.15, 0.2) is 22.4 Å². The van der Waals surface area contributed by atoms with Crippen molar-refractivity contribution in [1.29, 1.82) is 0 Å². The predicted octanol–water partition coefficient (Wildman–Crippen LogP) is 1.74. The predicted molar refractivity (Wildman–Crippen MR) is 115 cm³/mol. The Labute approximate surface area is 180 Å². The molecule has 2 aromatic rings. The second-order valence-corrected chi connectivity index (χ2v) is 10.2. The Bertz CT molecular complexity index is 1030. The normalized spacial score (nSPS) is 18.1. The first kappa shape index (κ1) is 21.0. The summed E-state index contributed by atoms with van der Waals surface area (Å²) in [5.41, 5.74) is 0.901. The Balaban J connectivity index is 1.49. The molecule has 0 aromatic carbocycles. The zero-order chi connectivity index (χ0) is 21.3.